The van der Waals surface area contributed by atoms with Gasteiger partial charge in [0.1, 0.15) is 5.75 Å². The highest BCUT2D eigenvalue weighted by Gasteiger charge is 2.31. The van der Waals surface area contributed by atoms with Crippen molar-refractivity contribution in [2.75, 3.05) is 12.8 Å². The summed E-state index contributed by atoms with van der Waals surface area (Å²) in [5.41, 5.74) is 7.75. The van der Waals surface area contributed by atoms with Crippen molar-refractivity contribution in [1.29, 1.82) is 0 Å². The lowest BCUT2D eigenvalue weighted by molar-refractivity contribution is -0.146. The molecule has 4 N–H and O–H groups in total. The molecule has 0 aliphatic heterocycles. The summed E-state index contributed by atoms with van der Waals surface area (Å²) >= 11 is 0. The number of hydrogen-bond donors (Lipinski definition) is 3. The average Bonchev–Trinajstić information content (AvgIpc) is 2.64. The Morgan fingerprint density at radius 3 is 2.14 bits per heavy atom. The molecule has 0 unspecified atom stereocenters. The van der Waals surface area contributed by atoms with Crippen LogP contribution < -0.4 is 15.8 Å². The molecule has 0 fully saturated rings. The predicted octanol–water partition coefficient (Wildman–Crippen LogP) is 3.33. The Hall–Kier alpha value is -3.06. The number of rotatable bonds is 7. The Kier molecular flexibility index (Phi) is 6.87. The SMILES string of the molecule is COc1ccc(-c2ccc(C(=O)N[C@H](C(=O)O)[C@@H](C)OC(C)(C)C)c(N)c2)cc1. The van der Waals surface area contributed by atoms with Crippen molar-refractivity contribution in [2.45, 2.75) is 45.4 Å². The average molecular weight is 400 g/mol. The number of carboxylic acid groups (broad SMARTS) is 1. The van der Waals surface area contributed by atoms with Crippen molar-refractivity contribution in [3.05, 3.63) is 48.0 Å². The van der Waals surface area contributed by atoms with Crippen LogP contribution in [0.15, 0.2) is 42.5 Å². The number of aliphatic carboxylic acids is 1. The fourth-order valence-corrected chi connectivity index (χ4v) is 2.96. The van der Waals surface area contributed by atoms with Gasteiger partial charge in [-0.3, -0.25) is 4.79 Å². The van der Waals surface area contributed by atoms with E-state index in [4.69, 9.17) is 15.2 Å². The van der Waals surface area contributed by atoms with Gasteiger partial charge in [-0.05, 0) is 63.1 Å². The Labute approximate surface area is 170 Å². The maximum Gasteiger partial charge on any atom is 0.328 e. The summed E-state index contributed by atoms with van der Waals surface area (Å²) in [5, 5.41) is 12.0. The van der Waals surface area contributed by atoms with E-state index in [1.54, 1.807) is 32.2 Å². The molecule has 1 amide bonds. The topological polar surface area (TPSA) is 111 Å². The van der Waals surface area contributed by atoms with Gasteiger partial charge in [-0.1, -0.05) is 18.2 Å². The van der Waals surface area contributed by atoms with Gasteiger partial charge in [0, 0.05) is 5.69 Å². The first-order valence-corrected chi connectivity index (χ1v) is 9.27. The Morgan fingerprint density at radius 2 is 1.66 bits per heavy atom. The standard InChI is InChI=1S/C22H28N2O5/c1-13(29-22(2,3)4)19(21(26)27)24-20(25)17-11-8-15(12-18(17)23)14-6-9-16(28-5)10-7-14/h6-13,19H,23H2,1-5H3,(H,24,25)(H,26,27)/t13-,19+/m1/s1. The molecule has 0 bridgehead atoms. The van der Waals surface area contributed by atoms with Gasteiger partial charge in [0.05, 0.1) is 24.4 Å². The number of ether oxygens (including phenoxy) is 2. The number of nitrogen functional groups attached to an aromatic ring is 1. The van der Waals surface area contributed by atoms with Crippen molar-refractivity contribution < 1.29 is 24.2 Å². The second-order valence-electron chi connectivity index (χ2n) is 7.76. The van der Waals surface area contributed by atoms with E-state index in [2.05, 4.69) is 5.32 Å². The van der Waals surface area contributed by atoms with Gasteiger partial charge in [0.25, 0.3) is 5.91 Å². The summed E-state index contributed by atoms with van der Waals surface area (Å²) in [6.07, 6.45) is -0.726. The van der Waals surface area contributed by atoms with Crippen LogP contribution in [0.2, 0.25) is 0 Å². The van der Waals surface area contributed by atoms with E-state index in [0.29, 0.717) is 0 Å². The van der Waals surface area contributed by atoms with Gasteiger partial charge in [0.2, 0.25) is 0 Å². The Morgan fingerprint density at radius 1 is 1.07 bits per heavy atom. The number of carbonyl (C=O) groups excluding carboxylic acids is 1. The number of nitrogens with one attached hydrogen (secondary N) is 1. The lowest BCUT2D eigenvalue weighted by Crippen LogP contribution is -2.50. The van der Waals surface area contributed by atoms with Crippen molar-refractivity contribution >= 4 is 17.6 Å². The van der Waals surface area contributed by atoms with E-state index in [1.807, 2.05) is 45.0 Å². The fraction of sp³-hybridized carbons (Fsp3) is 0.364. The molecule has 0 saturated heterocycles. The maximum atomic E-state index is 12.7. The molecule has 2 aromatic rings. The predicted molar refractivity (Wildman–Crippen MR) is 112 cm³/mol. The molecule has 0 aliphatic carbocycles. The van der Waals surface area contributed by atoms with E-state index in [-0.39, 0.29) is 11.3 Å². The molecule has 2 rings (SSSR count). The largest absolute Gasteiger partial charge is 0.497 e. The zero-order chi connectivity index (χ0) is 21.8. The fourth-order valence-electron chi connectivity index (χ4n) is 2.96. The number of nitrogens with two attached hydrogens (primary N) is 1. The molecular weight excluding hydrogens is 372 g/mol. The van der Waals surface area contributed by atoms with Gasteiger partial charge in [-0.15, -0.1) is 0 Å². The highest BCUT2D eigenvalue weighted by molar-refractivity contribution is 6.01. The van der Waals surface area contributed by atoms with Crippen LogP contribution in [0.5, 0.6) is 5.75 Å². The van der Waals surface area contributed by atoms with E-state index < -0.39 is 29.6 Å². The molecule has 0 radical (unpaired) electrons. The first-order valence-electron chi connectivity index (χ1n) is 9.27. The summed E-state index contributed by atoms with van der Waals surface area (Å²) in [6, 6.07) is 11.3. The molecular formula is C22H28N2O5. The van der Waals surface area contributed by atoms with Crippen LogP contribution in [0.4, 0.5) is 5.69 Å². The number of amides is 1. The number of hydrogen-bond acceptors (Lipinski definition) is 5. The minimum absolute atomic E-state index is 0.205. The second kappa shape index (κ2) is 8.96. The molecule has 2 atom stereocenters. The summed E-state index contributed by atoms with van der Waals surface area (Å²) in [5.74, 6) is -1.01. The van der Waals surface area contributed by atoms with Gasteiger partial charge in [0.15, 0.2) is 6.04 Å². The van der Waals surface area contributed by atoms with Crippen LogP contribution >= 0.6 is 0 Å². The third kappa shape index (κ3) is 5.96. The molecule has 29 heavy (non-hydrogen) atoms. The van der Waals surface area contributed by atoms with E-state index in [0.717, 1.165) is 16.9 Å². The smallest absolute Gasteiger partial charge is 0.328 e. The number of anilines is 1. The third-order valence-electron chi connectivity index (χ3n) is 4.28. The third-order valence-corrected chi connectivity index (χ3v) is 4.28. The first-order chi connectivity index (χ1) is 13.5. The zero-order valence-electron chi connectivity index (χ0n) is 17.4. The van der Waals surface area contributed by atoms with Crippen molar-refractivity contribution in [3.63, 3.8) is 0 Å². The van der Waals surface area contributed by atoms with Gasteiger partial charge >= 0.3 is 5.97 Å². The zero-order valence-corrected chi connectivity index (χ0v) is 17.4. The number of carboxylic acids is 1. The normalized spacial score (nSPS) is 13.4. The van der Waals surface area contributed by atoms with Crippen molar-refractivity contribution in [3.8, 4) is 16.9 Å². The number of benzene rings is 2. The second-order valence-corrected chi connectivity index (χ2v) is 7.76. The molecule has 0 aliphatic rings. The van der Waals surface area contributed by atoms with E-state index in [1.165, 1.54) is 0 Å². The molecule has 0 heterocycles. The maximum absolute atomic E-state index is 12.7. The van der Waals surface area contributed by atoms with Crippen LogP contribution in [0.25, 0.3) is 11.1 Å². The van der Waals surface area contributed by atoms with Crippen molar-refractivity contribution in [2.24, 2.45) is 0 Å². The number of carbonyl (C=O) groups is 2. The highest BCUT2D eigenvalue weighted by atomic mass is 16.5. The minimum Gasteiger partial charge on any atom is -0.497 e. The van der Waals surface area contributed by atoms with Crippen LogP contribution in [0, 0.1) is 0 Å². The quantitative estimate of drug-likeness (QED) is 0.615. The monoisotopic (exact) mass is 400 g/mol. The highest BCUT2D eigenvalue weighted by Crippen LogP contribution is 2.26. The van der Waals surface area contributed by atoms with Crippen molar-refractivity contribution in [1.82, 2.24) is 5.32 Å². The number of methoxy groups -OCH3 is 1. The summed E-state index contributed by atoms with van der Waals surface area (Å²) in [4.78, 5) is 24.3. The summed E-state index contributed by atoms with van der Waals surface area (Å²) in [7, 11) is 1.60. The van der Waals surface area contributed by atoms with Gasteiger partial charge < -0.3 is 25.6 Å². The lowest BCUT2D eigenvalue weighted by atomic mass is 10.0. The van der Waals surface area contributed by atoms with Crippen LogP contribution in [0.1, 0.15) is 38.1 Å². The van der Waals surface area contributed by atoms with E-state index >= 15 is 0 Å². The van der Waals surface area contributed by atoms with Gasteiger partial charge in [-0.2, -0.15) is 0 Å². The van der Waals surface area contributed by atoms with Crippen LogP contribution in [-0.4, -0.2) is 41.8 Å². The molecule has 0 aromatic heterocycles. The van der Waals surface area contributed by atoms with Crippen LogP contribution in [-0.2, 0) is 9.53 Å². The van der Waals surface area contributed by atoms with Gasteiger partial charge in [-0.25, -0.2) is 4.79 Å². The molecule has 156 valence electrons. The van der Waals surface area contributed by atoms with E-state index in [9.17, 15) is 14.7 Å². The molecule has 0 saturated carbocycles. The minimum atomic E-state index is -1.21. The summed E-state index contributed by atoms with van der Waals surface area (Å²) in [6.45, 7) is 7.07. The Bertz CT molecular complexity index is 872. The molecule has 2 aromatic carbocycles. The summed E-state index contributed by atoms with van der Waals surface area (Å²) < 4.78 is 10.8. The molecule has 7 heteroatoms. The first kappa shape index (κ1) is 22.2. The molecule has 7 nitrogen and oxygen atoms in total. The lowest BCUT2D eigenvalue weighted by Gasteiger charge is -2.29. The Balaban J connectivity index is 2.20. The molecule has 0 spiro atoms. The van der Waals surface area contributed by atoms with Crippen LogP contribution in [0.3, 0.4) is 0 Å².